The highest BCUT2D eigenvalue weighted by molar-refractivity contribution is 5.05. The van der Waals surface area contributed by atoms with Gasteiger partial charge in [0, 0.05) is 11.6 Å². The van der Waals surface area contributed by atoms with Crippen LogP contribution < -0.4 is 4.57 Å². The summed E-state index contributed by atoms with van der Waals surface area (Å²) < 4.78 is 2.15. The zero-order valence-corrected chi connectivity index (χ0v) is 14.4. The van der Waals surface area contributed by atoms with Crippen LogP contribution in [0.25, 0.3) is 0 Å². The Balaban J connectivity index is 1.82. The zero-order chi connectivity index (χ0) is 15.2. The minimum atomic E-state index is 1.24. The van der Waals surface area contributed by atoms with Crippen LogP contribution in [0.1, 0.15) is 89.5 Å². The highest BCUT2D eigenvalue weighted by Crippen LogP contribution is 2.12. The maximum absolute atomic E-state index is 2.29. The molecular weight excluding hydrogens is 254 g/mol. The van der Waals surface area contributed by atoms with Crippen molar-refractivity contribution in [2.45, 2.75) is 90.4 Å². The van der Waals surface area contributed by atoms with Gasteiger partial charge in [-0.25, -0.2) is 4.57 Å². The van der Waals surface area contributed by atoms with Gasteiger partial charge in [-0.15, -0.1) is 0 Å². The fourth-order valence-corrected chi connectivity index (χ4v) is 2.97. The van der Waals surface area contributed by atoms with Gasteiger partial charge in [-0.2, -0.15) is 0 Å². The number of aromatic nitrogens is 1. The van der Waals surface area contributed by atoms with Crippen molar-refractivity contribution >= 4 is 0 Å². The van der Waals surface area contributed by atoms with Gasteiger partial charge in [0.15, 0.2) is 12.4 Å². The molecule has 1 aromatic rings. The van der Waals surface area contributed by atoms with Gasteiger partial charge in [0.25, 0.3) is 0 Å². The van der Waals surface area contributed by atoms with Crippen molar-refractivity contribution in [2.75, 3.05) is 0 Å². The molecule has 0 N–H and O–H groups in total. The van der Waals surface area contributed by atoms with Gasteiger partial charge in [-0.1, -0.05) is 77.6 Å². The average molecular weight is 291 g/mol. The first-order chi connectivity index (χ1) is 10.3. The maximum atomic E-state index is 2.29. The van der Waals surface area contributed by atoms with Gasteiger partial charge >= 0.3 is 0 Å². The molecule has 1 heterocycles. The van der Waals surface area contributed by atoms with E-state index in [0.29, 0.717) is 0 Å². The van der Waals surface area contributed by atoms with E-state index in [1.807, 2.05) is 0 Å². The van der Waals surface area contributed by atoms with Gasteiger partial charge < -0.3 is 0 Å². The molecule has 0 aliphatic heterocycles. The van der Waals surface area contributed by atoms with Crippen molar-refractivity contribution < 1.29 is 4.57 Å². The van der Waals surface area contributed by atoms with Crippen molar-refractivity contribution in [1.82, 2.24) is 0 Å². The molecule has 0 aromatic carbocycles. The third kappa shape index (κ3) is 10.5. The summed E-state index contributed by atoms with van der Waals surface area (Å²) in [6.07, 6.45) is 22.7. The molecule has 1 rings (SSSR count). The average Bonchev–Trinajstić information content (AvgIpc) is 2.48. The van der Waals surface area contributed by atoms with Crippen molar-refractivity contribution in [1.29, 1.82) is 0 Å². The van der Waals surface area contributed by atoms with Crippen LogP contribution in [0.3, 0.4) is 0 Å². The fraction of sp³-hybridized carbons (Fsp3) is 0.750. The summed E-state index contributed by atoms with van der Waals surface area (Å²) in [6, 6.07) is 4.40. The van der Waals surface area contributed by atoms with Gasteiger partial charge in [0.1, 0.15) is 7.05 Å². The van der Waals surface area contributed by atoms with Crippen LogP contribution in [-0.2, 0) is 13.5 Å². The third-order valence-electron chi connectivity index (χ3n) is 4.32. The summed E-state index contributed by atoms with van der Waals surface area (Å²) in [5.41, 5.74) is 1.48. The Bertz CT molecular complexity index is 345. The summed E-state index contributed by atoms with van der Waals surface area (Å²) in [5.74, 6) is 0. The first-order valence-electron chi connectivity index (χ1n) is 9.27. The second-order valence-corrected chi connectivity index (χ2v) is 6.52. The van der Waals surface area contributed by atoms with Crippen LogP contribution >= 0.6 is 0 Å². The minimum Gasteiger partial charge on any atom is -0.208 e. The standard InChI is InChI=1S/C20H36N/c1-3-4-5-6-7-8-9-10-11-12-13-14-16-20-17-15-18-21(2)19-20/h15,17-19H,3-14,16H2,1-2H3/q+1. The van der Waals surface area contributed by atoms with Crippen LogP contribution in [0.2, 0.25) is 0 Å². The molecule has 0 saturated heterocycles. The lowest BCUT2D eigenvalue weighted by Gasteiger charge is -2.03. The Morgan fingerprint density at radius 3 is 1.81 bits per heavy atom. The number of pyridine rings is 1. The van der Waals surface area contributed by atoms with Gasteiger partial charge in [0.05, 0.1) is 0 Å². The smallest absolute Gasteiger partial charge is 0.171 e. The predicted molar refractivity (Wildman–Crippen MR) is 92.4 cm³/mol. The first-order valence-corrected chi connectivity index (χ1v) is 9.27. The molecule has 0 aliphatic rings. The van der Waals surface area contributed by atoms with Crippen molar-refractivity contribution in [3.63, 3.8) is 0 Å². The fourth-order valence-electron chi connectivity index (χ4n) is 2.97. The molecule has 0 radical (unpaired) electrons. The van der Waals surface area contributed by atoms with E-state index in [4.69, 9.17) is 0 Å². The molecule has 0 fully saturated rings. The number of hydrogen-bond acceptors (Lipinski definition) is 0. The first kappa shape index (κ1) is 18.2. The third-order valence-corrected chi connectivity index (χ3v) is 4.32. The molecule has 0 saturated carbocycles. The van der Waals surface area contributed by atoms with Crippen LogP contribution in [0.5, 0.6) is 0 Å². The SMILES string of the molecule is CCCCCCCCCCCCCCc1ccc[n+](C)c1. The lowest BCUT2D eigenvalue weighted by molar-refractivity contribution is -0.671. The molecule has 0 atom stereocenters. The summed E-state index contributed by atoms with van der Waals surface area (Å²) in [6.45, 7) is 2.29. The van der Waals surface area contributed by atoms with Crippen LogP contribution in [-0.4, -0.2) is 0 Å². The van der Waals surface area contributed by atoms with E-state index in [0.717, 1.165) is 0 Å². The molecule has 21 heavy (non-hydrogen) atoms. The Hall–Kier alpha value is -0.850. The van der Waals surface area contributed by atoms with Crippen molar-refractivity contribution in [3.8, 4) is 0 Å². The van der Waals surface area contributed by atoms with Gasteiger partial charge in [-0.05, 0) is 18.9 Å². The second-order valence-electron chi connectivity index (χ2n) is 6.52. The molecule has 0 unspecified atom stereocenters. The molecule has 1 heteroatoms. The van der Waals surface area contributed by atoms with Crippen LogP contribution in [0.4, 0.5) is 0 Å². The minimum absolute atomic E-state index is 1.24. The summed E-state index contributed by atoms with van der Waals surface area (Å²) in [4.78, 5) is 0. The number of rotatable bonds is 13. The normalized spacial score (nSPS) is 11.0. The molecule has 0 aliphatic carbocycles. The quantitative estimate of drug-likeness (QED) is 0.321. The molecule has 0 amide bonds. The summed E-state index contributed by atoms with van der Waals surface area (Å²) in [5, 5.41) is 0. The van der Waals surface area contributed by atoms with E-state index in [1.54, 1.807) is 0 Å². The maximum Gasteiger partial charge on any atom is 0.171 e. The van der Waals surface area contributed by atoms with Gasteiger partial charge in [-0.3, -0.25) is 0 Å². The predicted octanol–water partition coefficient (Wildman–Crippen LogP) is 5.75. The second kappa shape index (κ2) is 12.9. The topological polar surface area (TPSA) is 3.88 Å². The Morgan fingerprint density at radius 1 is 0.762 bits per heavy atom. The van der Waals surface area contributed by atoms with E-state index < -0.39 is 0 Å². The number of hydrogen-bond donors (Lipinski definition) is 0. The lowest BCUT2D eigenvalue weighted by Crippen LogP contribution is -2.26. The van der Waals surface area contributed by atoms with Gasteiger partial charge in [0.2, 0.25) is 0 Å². The van der Waals surface area contributed by atoms with Crippen molar-refractivity contribution in [3.05, 3.63) is 30.1 Å². The van der Waals surface area contributed by atoms with Crippen molar-refractivity contribution in [2.24, 2.45) is 7.05 Å². The number of unbranched alkanes of at least 4 members (excludes halogenated alkanes) is 11. The molecule has 1 aromatic heterocycles. The lowest BCUT2D eigenvalue weighted by atomic mass is 10.0. The zero-order valence-electron chi connectivity index (χ0n) is 14.4. The monoisotopic (exact) mass is 290 g/mol. The summed E-state index contributed by atoms with van der Waals surface area (Å²) in [7, 11) is 2.10. The van der Waals surface area contributed by atoms with E-state index in [2.05, 4.69) is 43.1 Å². The Kier molecular flexibility index (Phi) is 11.1. The van der Waals surface area contributed by atoms with Crippen LogP contribution in [0, 0.1) is 0 Å². The highest BCUT2D eigenvalue weighted by Gasteiger charge is 1.98. The Morgan fingerprint density at radius 2 is 1.29 bits per heavy atom. The van der Waals surface area contributed by atoms with E-state index >= 15 is 0 Å². The Labute approximate surface area is 132 Å². The molecule has 0 spiro atoms. The summed E-state index contributed by atoms with van der Waals surface area (Å²) >= 11 is 0. The largest absolute Gasteiger partial charge is 0.208 e. The van der Waals surface area contributed by atoms with Crippen LogP contribution in [0.15, 0.2) is 24.5 Å². The highest BCUT2D eigenvalue weighted by atomic mass is 14.9. The van der Waals surface area contributed by atoms with E-state index in [1.165, 1.54) is 89.0 Å². The van der Waals surface area contributed by atoms with E-state index in [9.17, 15) is 0 Å². The number of aryl methyl sites for hydroxylation is 2. The number of nitrogens with zero attached hydrogens (tertiary/aromatic N) is 1. The molecule has 1 nitrogen and oxygen atoms in total. The molecule has 120 valence electrons. The molecule has 0 bridgehead atoms. The molecular formula is C20H36N+. The van der Waals surface area contributed by atoms with E-state index in [-0.39, 0.29) is 0 Å².